The van der Waals surface area contributed by atoms with Gasteiger partial charge in [-0.15, -0.1) is 0 Å². The van der Waals surface area contributed by atoms with Crippen molar-refractivity contribution >= 4 is 23.8 Å². The maximum Gasteiger partial charge on any atom is 0.333 e. The minimum absolute atomic E-state index is 0.00505. The van der Waals surface area contributed by atoms with E-state index in [2.05, 4.69) is 11.9 Å². The summed E-state index contributed by atoms with van der Waals surface area (Å²) < 4.78 is 4.71. The molecule has 18 heavy (non-hydrogen) atoms. The highest BCUT2D eigenvalue weighted by atomic mass is 16.5. The van der Waals surface area contributed by atoms with Crippen molar-refractivity contribution in [2.45, 2.75) is 6.92 Å². The third kappa shape index (κ3) is 3.27. The maximum absolute atomic E-state index is 11.4. The van der Waals surface area contributed by atoms with E-state index in [0.717, 1.165) is 12.2 Å². The van der Waals surface area contributed by atoms with Crippen molar-refractivity contribution < 1.29 is 23.9 Å². The Kier molecular flexibility index (Phi) is 4.36. The van der Waals surface area contributed by atoms with E-state index in [4.69, 9.17) is 4.74 Å². The van der Waals surface area contributed by atoms with E-state index in [0.29, 0.717) is 4.90 Å². The van der Waals surface area contributed by atoms with Crippen LogP contribution in [0.15, 0.2) is 24.3 Å². The molecule has 1 rings (SSSR count). The molecule has 4 amide bonds. The highest BCUT2D eigenvalue weighted by Gasteiger charge is 2.29. The number of ether oxygens (including phenoxy) is 1. The number of rotatable bonds is 4. The quantitative estimate of drug-likeness (QED) is 0.322. The first kappa shape index (κ1) is 13.6. The zero-order chi connectivity index (χ0) is 13.7. The van der Waals surface area contributed by atoms with Gasteiger partial charge in [-0.05, 0) is 6.92 Å². The fraction of sp³-hybridized carbons (Fsp3) is 0.273. The number of amides is 4. The van der Waals surface area contributed by atoms with Crippen LogP contribution in [0.4, 0.5) is 4.79 Å². The highest BCUT2D eigenvalue weighted by Crippen LogP contribution is 2.03. The lowest BCUT2D eigenvalue weighted by atomic mass is 10.4. The van der Waals surface area contributed by atoms with Gasteiger partial charge in [-0.2, -0.15) is 4.90 Å². The zero-order valence-electron chi connectivity index (χ0n) is 9.76. The molecule has 0 spiro atoms. The number of hydrogen-bond donors (Lipinski definition) is 1. The summed E-state index contributed by atoms with van der Waals surface area (Å²) in [7, 11) is 0. The Morgan fingerprint density at radius 2 is 1.89 bits per heavy atom. The lowest BCUT2D eigenvalue weighted by Crippen LogP contribution is -2.44. The lowest BCUT2D eigenvalue weighted by molar-refractivity contribution is -0.139. The third-order valence-electron chi connectivity index (χ3n) is 1.97. The number of carbonyl (C=O) groups excluding carboxylic acids is 4. The van der Waals surface area contributed by atoms with Crippen LogP contribution < -0.4 is 5.32 Å². The van der Waals surface area contributed by atoms with Crippen molar-refractivity contribution in [3.05, 3.63) is 24.3 Å². The predicted octanol–water partition coefficient (Wildman–Crippen LogP) is -0.260. The molecule has 1 heterocycles. The van der Waals surface area contributed by atoms with Gasteiger partial charge >= 0.3 is 12.0 Å². The van der Waals surface area contributed by atoms with Crippen LogP contribution >= 0.6 is 0 Å². The molecule has 0 unspecified atom stereocenters. The average molecular weight is 252 g/mol. The smallest absolute Gasteiger partial charge is 0.333 e. The van der Waals surface area contributed by atoms with Crippen LogP contribution in [0.25, 0.3) is 0 Å². The molecule has 0 aromatic rings. The van der Waals surface area contributed by atoms with Crippen LogP contribution in [0.2, 0.25) is 0 Å². The third-order valence-corrected chi connectivity index (χ3v) is 1.97. The van der Waals surface area contributed by atoms with E-state index < -0.39 is 23.8 Å². The van der Waals surface area contributed by atoms with Gasteiger partial charge in [0.05, 0.1) is 6.54 Å². The number of hydrogen-bond acceptors (Lipinski definition) is 5. The van der Waals surface area contributed by atoms with E-state index in [1.54, 1.807) is 0 Å². The summed E-state index contributed by atoms with van der Waals surface area (Å²) in [6.45, 7) is 4.80. The van der Waals surface area contributed by atoms with Gasteiger partial charge in [-0.25, -0.2) is 9.59 Å². The second kappa shape index (κ2) is 5.76. The zero-order valence-corrected chi connectivity index (χ0v) is 9.76. The Hall–Kier alpha value is -2.44. The second-order valence-electron chi connectivity index (χ2n) is 3.49. The molecular weight excluding hydrogens is 240 g/mol. The number of urea groups is 1. The van der Waals surface area contributed by atoms with Crippen LogP contribution in [0.5, 0.6) is 0 Å². The summed E-state index contributed by atoms with van der Waals surface area (Å²) >= 11 is 0. The van der Waals surface area contributed by atoms with Gasteiger partial charge in [0.1, 0.15) is 6.61 Å². The standard InChI is InChI=1S/C11H12N2O5/c1-7(2)10(16)18-6-5-12-11(17)13-8(14)3-4-9(13)15/h3-4H,1,5-6H2,2H3,(H,12,17). The molecule has 0 radical (unpaired) electrons. The van der Waals surface area contributed by atoms with Crippen LogP contribution in [0, 0.1) is 0 Å². The fourth-order valence-corrected chi connectivity index (χ4v) is 1.10. The Labute approximate surface area is 103 Å². The van der Waals surface area contributed by atoms with Crippen LogP contribution in [-0.2, 0) is 19.1 Å². The predicted molar refractivity (Wildman–Crippen MR) is 60.2 cm³/mol. The largest absolute Gasteiger partial charge is 0.460 e. The summed E-state index contributed by atoms with van der Waals surface area (Å²) in [6, 6.07) is -0.846. The van der Waals surface area contributed by atoms with Crippen molar-refractivity contribution in [3.63, 3.8) is 0 Å². The van der Waals surface area contributed by atoms with Gasteiger partial charge in [-0.1, -0.05) is 6.58 Å². The topological polar surface area (TPSA) is 92.8 Å². The molecule has 0 saturated heterocycles. The number of nitrogens with zero attached hydrogens (tertiary/aromatic N) is 1. The molecule has 7 heteroatoms. The Bertz CT molecular complexity index is 434. The minimum atomic E-state index is -0.846. The van der Waals surface area contributed by atoms with Crippen molar-refractivity contribution in [3.8, 4) is 0 Å². The van der Waals surface area contributed by atoms with Gasteiger partial charge in [0.15, 0.2) is 0 Å². The summed E-state index contributed by atoms with van der Waals surface area (Å²) in [5.74, 6) is -1.97. The first-order valence-electron chi connectivity index (χ1n) is 5.10. The van der Waals surface area contributed by atoms with Crippen LogP contribution in [0.3, 0.4) is 0 Å². The average Bonchev–Trinajstić information content (AvgIpc) is 2.63. The van der Waals surface area contributed by atoms with Crippen LogP contribution in [0.1, 0.15) is 6.92 Å². The van der Waals surface area contributed by atoms with Crippen molar-refractivity contribution in [2.75, 3.05) is 13.2 Å². The number of carbonyl (C=O) groups is 4. The molecule has 0 aromatic carbocycles. The number of nitrogens with one attached hydrogen (secondary N) is 1. The molecule has 0 fully saturated rings. The molecule has 0 bridgehead atoms. The molecule has 1 N–H and O–H groups in total. The van der Waals surface area contributed by atoms with Crippen molar-refractivity contribution in [2.24, 2.45) is 0 Å². The molecule has 96 valence electrons. The van der Waals surface area contributed by atoms with Gasteiger partial charge in [0.2, 0.25) is 0 Å². The summed E-state index contributed by atoms with van der Waals surface area (Å²) in [4.78, 5) is 45.1. The van der Waals surface area contributed by atoms with E-state index in [-0.39, 0.29) is 18.7 Å². The molecule has 7 nitrogen and oxygen atoms in total. The normalized spacial score (nSPS) is 13.7. The van der Waals surface area contributed by atoms with Gasteiger partial charge in [0, 0.05) is 17.7 Å². The molecular formula is C11H12N2O5. The van der Waals surface area contributed by atoms with Crippen LogP contribution in [-0.4, -0.2) is 41.9 Å². The minimum Gasteiger partial charge on any atom is -0.460 e. The molecule has 0 saturated carbocycles. The lowest BCUT2D eigenvalue weighted by Gasteiger charge is -2.12. The Morgan fingerprint density at radius 3 is 2.39 bits per heavy atom. The number of imide groups is 3. The summed E-state index contributed by atoms with van der Waals surface area (Å²) in [5, 5.41) is 2.28. The van der Waals surface area contributed by atoms with E-state index in [1.165, 1.54) is 6.92 Å². The molecule has 0 aliphatic carbocycles. The van der Waals surface area contributed by atoms with E-state index in [9.17, 15) is 19.2 Å². The number of esters is 1. The van der Waals surface area contributed by atoms with Crippen molar-refractivity contribution in [1.29, 1.82) is 0 Å². The maximum atomic E-state index is 11.4. The molecule has 0 atom stereocenters. The molecule has 1 aliphatic rings. The summed E-state index contributed by atoms with van der Waals surface area (Å²) in [5.41, 5.74) is 0.246. The van der Waals surface area contributed by atoms with E-state index >= 15 is 0 Å². The first-order chi connectivity index (χ1) is 8.43. The van der Waals surface area contributed by atoms with Crippen molar-refractivity contribution in [1.82, 2.24) is 10.2 Å². The summed E-state index contributed by atoms with van der Waals surface area (Å²) in [6.07, 6.45) is 2.01. The van der Waals surface area contributed by atoms with Gasteiger partial charge in [0.25, 0.3) is 11.8 Å². The highest BCUT2D eigenvalue weighted by molar-refractivity contribution is 6.22. The van der Waals surface area contributed by atoms with E-state index in [1.807, 2.05) is 0 Å². The Morgan fingerprint density at radius 1 is 1.33 bits per heavy atom. The SMILES string of the molecule is C=C(C)C(=O)OCCNC(=O)N1C(=O)C=CC1=O. The monoisotopic (exact) mass is 252 g/mol. The molecule has 1 aliphatic heterocycles. The van der Waals surface area contributed by atoms with Gasteiger partial charge < -0.3 is 10.1 Å². The fourth-order valence-electron chi connectivity index (χ4n) is 1.10. The first-order valence-corrected chi connectivity index (χ1v) is 5.10. The van der Waals surface area contributed by atoms with Gasteiger partial charge in [-0.3, -0.25) is 9.59 Å². The Balaban J connectivity index is 2.30. The second-order valence-corrected chi connectivity index (χ2v) is 3.49. The molecule has 0 aromatic heterocycles.